The maximum Gasteiger partial charge on any atom is 0.246 e. The first-order valence-electron chi connectivity index (χ1n) is 4.62. The molecule has 0 saturated carbocycles. The highest BCUT2D eigenvalue weighted by Gasteiger charge is 2.23. The van der Waals surface area contributed by atoms with Crippen molar-refractivity contribution < 1.29 is 13.2 Å². The predicted molar refractivity (Wildman–Crippen MR) is 65.4 cm³/mol. The molecular weight excluding hydrogens is 258 g/mol. The Morgan fingerprint density at radius 3 is 2.35 bits per heavy atom. The smallest absolute Gasteiger partial charge is 0.246 e. The number of carbonyl (C=O) groups excluding carboxylic acids is 1. The van der Waals surface area contributed by atoms with Gasteiger partial charge >= 0.3 is 0 Å². The van der Waals surface area contributed by atoms with Gasteiger partial charge in [0.2, 0.25) is 16.1 Å². The van der Waals surface area contributed by atoms with E-state index in [0.717, 1.165) is 11.3 Å². The number of nitrogen functional groups attached to an aromatic ring is 1. The molecule has 6 heteroatoms. The van der Waals surface area contributed by atoms with Crippen LogP contribution in [0, 0.1) is 0 Å². The molecule has 0 fully saturated rings. The van der Waals surface area contributed by atoms with Crippen molar-refractivity contribution in [1.82, 2.24) is 0 Å². The van der Waals surface area contributed by atoms with Crippen LogP contribution in [0.3, 0.4) is 0 Å². The van der Waals surface area contributed by atoms with Gasteiger partial charge in [0.25, 0.3) is 0 Å². The van der Waals surface area contributed by atoms with E-state index in [1.54, 1.807) is 24.5 Å². The summed E-state index contributed by atoms with van der Waals surface area (Å²) in [5.74, 6) is 0. The minimum atomic E-state index is -3.65. The van der Waals surface area contributed by atoms with Gasteiger partial charge in [0.15, 0.2) is 0 Å². The number of anilines is 1. The molecule has 17 heavy (non-hydrogen) atoms. The van der Waals surface area contributed by atoms with Crippen LogP contribution in [0.5, 0.6) is 0 Å². The standard InChI is InChI=1S/C11H8NO3S2/c12-11-9(6-13)16-7-10(11)17(14,15)8-4-2-1-3-5-8/h1-5,7H,12H2. The largest absolute Gasteiger partial charge is 0.396 e. The monoisotopic (exact) mass is 266 g/mol. The van der Waals surface area contributed by atoms with Crippen LogP contribution in [-0.2, 0) is 14.6 Å². The Bertz CT molecular complexity index is 645. The summed E-state index contributed by atoms with van der Waals surface area (Å²) in [5, 5.41) is 1.36. The lowest BCUT2D eigenvalue weighted by Gasteiger charge is -2.03. The Morgan fingerprint density at radius 1 is 1.18 bits per heavy atom. The molecule has 0 spiro atoms. The number of benzene rings is 1. The second kappa shape index (κ2) is 4.31. The molecular formula is C11H8NO3S2. The van der Waals surface area contributed by atoms with Crippen molar-refractivity contribution in [3.8, 4) is 0 Å². The second-order valence-electron chi connectivity index (χ2n) is 3.26. The van der Waals surface area contributed by atoms with Crippen LogP contribution in [0.1, 0.15) is 4.88 Å². The van der Waals surface area contributed by atoms with E-state index in [-0.39, 0.29) is 20.4 Å². The number of rotatable bonds is 3. The molecule has 4 nitrogen and oxygen atoms in total. The minimum absolute atomic E-state index is 0.0335. The van der Waals surface area contributed by atoms with Crippen molar-refractivity contribution in [3.05, 3.63) is 40.6 Å². The zero-order valence-corrected chi connectivity index (χ0v) is 10.2. The third-order valence-electron chi connectivity index (χ3n) is 2.23. The second-order valence-corrected chi connectivity index (χ2v) is 6.06. The number of nitrogens with two attached hydrogens (primary N) is 1. The summed E-state index contributed by atoms with van der Waals surface area (Å²) < 4.78 is 24.4. The molecule has 2 N–H and O–H groups in total. The van der Waals surface area contributed by atoms with Crippen LogP contribution in [0.4, 0.5) is 5.69 Å². The van der Waals surface area contributed by atoms with Gasteiger partial charge in [-0.05, 0) is 12.1 Å². The summed E-state index contributed by atoms with van der Waals surface area (Å²) in [6, 6.07) is 7.94. The van der Waals surface area contributed by atoms with E-state index < -0.39 is 9.84 Å². The van der Waals surface area contributed by atoms with Gasteiger partial charge in [-0.1, -0.05) is 18.2 Å². The third-order valence-corrected chi connectivity index (χ3v) is 5.08. The van der Waals surface area contributed by atoms with E-state index in [0.29, 0.717) is 0 Å². The van der Waals surface area contributed by atoms with Crippen molar-refractivity contribution in [2.45, 2.75) is 9.79 Å². The predicted octanol–water partition coefficient (Wildman–Crippen LogP) is 1.62. The summed E-state index contributed by atoms with van der Waals surface area (Å²) in [6.45, 7) is 0. The van der Waals surface area contributed by atoms with Gasteiger partial charge in [-0.3, -0.25) is 4.79 Å². The molecule has 1 aromatic carbocycles. The Kier molecular flexibility index (Phi) is 2.99. The van der Waals surface area contributed by atoms with Gasteiger partial charge in [0, 0.05) is 5.38 Å². The van der Waals surface area contributed by atoms with Crippen LogP contribution >= 0.6 is 11.3 Å². The average Bonchev–Trinajstić information content (AvgIpc) is 2.72. The van der Waals surface area contributed by atoms with Crippen LogP contribution in [0.15, 0.2) is 45.5 Å². The van der Waals surface area contributed by atoms with E-state index in [9.17, 15) is 13.2 Å². The topological polar surface area (TPSA) is 77.2 Å². The van der Waals surface area contributed by atoms with Crippen molar-refractivity contribution in [2.24, 2.45) is 0 Å². The normalized spacial score (nSPS) is 11.3. The van der Waals surface area contributed by atoms with Crippen molar-refractivity contribution in [1.29, 1.82) is 0 Å². The van der Waals surface area contributed by atoms with E-state index in [4.69, 9.17) is 5.73 Å². The zero-order valence-electron chi connectivity index (χ0n) is 8.58. The molecule has 1 aromatic heterocycles. The van der Waals surface area contributed by atoms with Gasteiger partial charge in [0.1, 0.15) is 9.77 Å². The van der Waals surface area contributed by atoms with Gasteiger partial charge in [-0.15, -0.1) is 11.3 Å². The molecule has 0 aliphatic carbocycles. The highest BCUT2D eigenvalue weighted by atomic mass is 32.2. The summed E-state index contributed by atoms with van der Waals surface area (Å²) in [4.78, 5) is 10.7. The van der Waals surface area contributed by atoms with Gasteiger partial charge in [-0.25, -0.2) is 8.42 Å². The van der Waals surface area contributed by atoms with Crippen molar-refractivity contribution in [2.75, 3.05) is 5.73 Å². The number of thiophene rings is 1. The first-order chi connectivity index (χ1) is 8.07. The number of hydrogen-bond donors (Lipinski definition) is 1. The first kappa shape index (κ1) is 11.8. The van der Waals surface area contributed by atoms with Crippen LogP contribution < -0.4 is 5.73 Å². The quantitative estimate of drug-likeness (QED) is 0.915. The maximum absolute atomic E-state index is 12.2. The zero-order chi connectivity index (χ0) is 12.5. The van der Waals surface area contributed by atoms with E-state index in [2.05, 4.69) is 0 Å². The Labute approximate surface area is 103 Å². The molecule has 2 rings (SSSR count). The van der Waals surface area contributed by atoms with Gasteiger partial charge in [0.05, 0.1) is 10.6 Å². The summed E-state index contributed by atoms with van der Waals surface area (Å²) >= 11 is 0.970. The highest BCUT2D eigenvalue weighted by molar-refractivity contribution is 7.91. The molecule has 0 aliphatic heterocycles. The van der Waals surface area contributed by atoms with E-state index in [1.807, 2.05) is 0 Å². The van der Waals surface area contributed by atoms with Crippen LogP contribution in [0.2, 0.25) is 0 Å². The van der Waals surface area contributed by atoms with E-state index >= 15 is 0 Å². The Balaban J connectivity index is 2.60. The van der Waals surface area contributed by atoms with Crippen LogP contribution in [-0.4, -0.2) is 14.7 Å². The fraction of sp³-hybridized carbons (Fsp3) is 0. The first-order valence-corrected chi connectivity index (χ1v) is 6.99. The Hall–Kier alpha value is -1.66. The molecule has 0 atom stereocenters. The SMILES string of the molecule is Nc1c(S(=O)(=O)c2ccccc2)csc1[C]=O. The molecule has 0 unspecified atom stereocenters. The Morgan fingerprint density at radius 2 is 1.82 bits per heavy atom. The lowest BCUT2D eigenvalue weighted by Crippen LogP contribution is -2.04. The molecule has 0 saturated heterocycles. The lowest BCUT2D eigenvalue weighted by atomic mass is 10.4. The molecule has 1 heterocycles. The summed E-state index contributed by atoms with van der Waals surface area (Å²) in [5.41, 5.74) is 5.57. The molecule has 0 amide bonds. The van der Waals surface area contributed by atoms with Crippen LogP contribution in [0.25, 0.3) is 0 Å². The molecule has 0 bridgehead atoms. The number of hydrogen-bond acceptors (Lipinski definition) is 5. The van der Waals surface area contributed by atoms with Crippen molar-refractivity contribution in [3.63, 3.8) is 0 Å². The fourth-order valence-electron chi connectivity index (χ4n) is 1.37. The molecule has 1 radical (unpaired) electrons. The minimum Gasteiger partial charge on any atom is -0.396 e. The molecule has 0 aliphatic rings. The van der Waals surface area contributed by atoms with Gasteiger partial charge < -0.3 is 5.73 Å². The summed E-state index contributed by atoms with van der Waals surface area (Å²) in [6.07, 6.45) is 1.62. The highest BCUT2D eigenvalue weighted by Crippen LogP contribution is 2.31. The molecule has 87 valence electrons. The van der Waals surface area contributed by atoms with Gasteiger partial charge in [-0.2, -0.15) is 0 Å². The average molecular weight is 266 g/mol. The number of sulfone groups is 1. The molecule has 2 aromatic rings. The third kappa shape index (κ3) is 1.96. The van der Waals surface area contributed by atoms with E-state index in [1.165, 1.54) is 17.5 Å². The lowest BCUT2D eigenvalue weighted by molar-refractivity contribution is 0.563. The van der Waals surface area contributed by atoms with Crippen molar-refractivity contribution >= 4 is 33.1 Å². The summed E-state index contributed by atoms with van der Waals surface area (Å²) in [7, 11) is -3.65. The fourth-order valence-corrected chi connectivity index (χ4v) is 3.88. The maximum atomic E-state index is 12.2.